The smallest absolute Gasteiger partial charge is 0.226 e. The lowest BCUT2D eigenvalue weighted by Gasteiger charge is -2.25. The van der Waals surface area contributed by atoms with E-state index in [1.54, 1.807) is 6.33 Å². The molecule has 6 nitrogen and oxygen atoms in total. The number of nitrogens with zero attached hydrogens (tertiary/aromatic N) is 4. The molecule has 0 aromatic carbocycles. The maximum atomic E-state index is 4.56. The molecule has 7 heteroatoms. The first-order chi connectivity index (χ1) is 8.79. The number of rotatable bonds is 3. The van der Waals surface area contributed by atoms with E-state index >= 15 is 0 Å². The average Bonchev–Trinajstić information content (AvgIpc) is 3.07. The van der Waals surface area contributed by atoms with E-state index in [1.165, 1.54) is 12.2 Å². The first kappa shape index (κ1) is 11.6. The van der Waals surface area contributed by atoms with E-state index in [1.807, 2.05) is 18.8 Å². The number of hydrogen-bond acceptors (Lipinski definition) is 6. The van der Waals surface area contributed by atoms with Gasteiger partial charge < -0.3 is 15.2 Å². The van der Waals surface area contributed by atoms with E-state index in [0.717, 1.165) is 17.1 Å². The second kappa shape index (κ2) is 4.64. The molecule has 0 spiro atoms. The van der Waals surface area contributed by atoms with Gasteiger partial charge in [-0.2, -0.15) is 21.7 Å². The van der Waals surface area contributed by atoms with E-state index < -0.39 is 0 Å². The fourth-order valence-electron chi connectivity index (χ4n) is 2.19. The maximum Gasteiger partial charge on any atom is 0.226 e. The molecule has 96 valence electrons. The molecule has 1 saturated heterocycles. The van der Waals surface area contributed by atoms with E-state index in [2.05, 4.69) is 37.2 Å². The second-order valence-corrected chi connectivity index (χ2v) is 5.50. The van der Waals surface area contributed by atoms with Crippen LogP contribution in [-0.4, -0.2) is 51.6 Å². The summed E-state index contributed by atoms with van der Waals surface area (Å²) < 4.78 is 0. The predicted molar refractivity (Wildman–Crippen MR) is 75.4 cm³/mol. The summed E-state index contributed by atoms with van der Waals surface area (Å²) in [7, 11) is 3.92. The number of fused-ring (bicyclic) bond motifs is 1. The Kier molecular flexibility index (Phi) is 2.99. The Morgan fingerprint density at radius 1 is 1.50 bits per heavy atom. The Hall–Kier alpha value is -1.50. The molecular formula is C11H16N6S. The topological polar surface area (TPSA) is 69.7 Å². The zero-order valence-corrected chi connectivity index (χ0v) is 11.3. The molecule has 2 aromatic heterocycles. The van der Waals surface area contributed by atoms with Crippen molar-refractivity contribution >= 4 is 34.7 Å². The van der Waals surface area contributed by atoms with Crippen molar-refractivity contribution in [1.82, 2.24) is 19.9 Å². The lowest BCUT2D eigenvalue weighted by Crippen LogP contribution is -2.32. The Balaban J connectivity index is 2.05. The highest BCUT2D eigenvalue weighted by molar-refractivity contribution is 7.99. The molecule has 1 aliphatic heterocycles. The summed E-state index contributed by atoms with van der Waals surface area (Å²) in [4.78, 5) is 18.5. The van der Waals surface area contributed by atoms with Gasteiger partial charge in [-0.05, 0) is 12.2 Å². The van der Waals surface area contributed by atoms with Crippen molar-refractivity contribution in [3.05, 3.63) is 6.33 Å². The maximum absolute atomic E-state index is 4.56. The molecule has 0 radical (unpaired) electrons. The summed E-state index contributed by atoms with van der Waals surface area (Å²) in [5.41, 5.74) is 1.62. The number of aromatic amines is 1. The molecule has 1 unspecified atom stereocenters. The van der Waals surface area contributed by atoms with Crippen LogP contribution in [0.15, 0.2) is 6.33 Å². The van der Waals surface area contributed by atoms with Crippen LogP contribution >= 0.6 is 11.8 Å². The van der Waals surface area contributed by atoms with Gasteiger partial charge in [0.05, 0.1) is 6.33 Å². The third kappa shape index (κ3) is 1.88. The SMILES string of the molecule is CNc1nc(N(C)C2CCSC2)c2[nH]cnc2n1. The number of nitrogens with one attached hydrogen (secondary N) is 2. The van der Waals surface area contributed by atoms with Gasteiger partial charge in [-0.15, -0.1) is 0 Å². The molecule has 18 heavy (non-hydrogen) atoms. The van der Waals surface area contributed by atoms with Crippen LogP contribution in [0.2, 0.25) is 0 Å². The van der Waals surface area contributed by atoms with Gasteiger partial charge in [0.25, 0.3) is 0 Å². The van der Waals surface area contributed by atoms with Gasteiger partial charge >= 0.3 is 0 Å². The van der Waals surface area contributed by atoms with E-state index in [4.69, 9.17) is 0 Å². The van der Waals surface area contributed by atoms with Crippen LogP contribution < -0.4 is 10.2 Å². The van der Waals surface area contributed by atoms with Gasteiger partial charge in [-0.1, -0.05) is 0 Å². The van der Waals surface area contributed by atoms with Crippen LogP contribution in [0.4, 0.5) is 11.8 Å². The molecule has 2 N–H and O–H groups in total. The Morgan fingerprint density at radius 2 is 2.39 bits per heavy atom. The standard InChI is InChI=1S/C11H16N6S/c1-12-11-15-9-8(13-6-14-9)10(16-11)17(2)7-3-4-18-5-7/h6-7H,3-5H2,1-2H3,(H2,12,13,14,15,16). The molecule has 1 fully saturated rings. The van der Waals surface area contributed by atoms with Gasteiger partial charge in [0.1, 0.15) is 5.52 Å². The Morgan fingerprint density at radius 3 is 3.11 bits per heavy atom. The van der Waals surface area contributed by atoms with Crippen LogP contribution in [0.25, 0.3) is 11.2 Å². The Labute approximate surface area is 110 Å². The molecule has 1 atom stereocenters. The minimum absolute atomic E-state index is 0.543. The molecule has 2 aromatic rings. The predicted octanol–water partition coefficient (Wildman–Crippen LogP) is 1.34. The lowest BCUT2D eigenvalue weighted by atomic mass is 10.2. The van der Waals surface area contributed by atoms with Crippen LogP contribution in [0.3, 0.4) is 0 Å². The molecule has 0 bridgehead atoms. The first-order valence-corrected chi connectivity index (χ1v) is 7.14. The summed E-state index contributed by atoms with van der Waals surface area (Å²) >= 11 is 2.00. The largest absolute Gasteiger partial charge is 0.357 e. The molecule has 0 amide bonds. The van der Waals surface area contributed by atoms with Gasteiger partial charge in [-0.3, -0.25) is 0 Å². The van der Waals surface area contributed by atoms with Crippen LogP contribution in [0, 0.1) is 0 Å². The summed E-state index contributed by atoms with van der Waals surface area (Å²) in [5.74, 6) is 3.92. The molecule has 3 rings (SSSR count). The summed E-state index contributed by atoms with van der Waals surface area (Å²) in [6.45, 7) is 0. The lowest BCUT2D eigenvalue weighted by molar-refractivity contribution is 0.693. The van der Waals surface area contributed by atoms with E-state index in [0.29, 0.717) is 17.6 Å². The fourth-order valence-corrected chi connectivity index (χ4v) is 3.45. The monoisotopic (exact) mass is 264 g/mol. The molecule has 0 saturated carbocycles. The van der Waals surface area contributed by atoms with Gasteiger partial charge in [-0.25, -0.2) is 4.98 Å². The summed E-state index contributed by atoms with van der Waals surface area (Å²) in [5, 5.41) is 2.99. The fraction of sp³-hybridized carbons (Fsp3) is 0.545. The first-order valence-electron chi connectivity index (χ1n) is 5.99. The van der Waals surface area contributed by atoms with Gasteiger partial charge in [0, 0.05) is 25.9 Å². The van der Waals surface area contributed by atoms with E-state index in [-0.39, 0.29) is 0 Å². The number of H-pyrrole nitrogens is 1. The van der Waals surface area contributed by atoms with Crippen molar-refractivity contribution in [3.8, 4) is 0 Å². The van der Waals surface area contributed by atoms with Crippen molar-refractivity contribution in [2.24, 2.45) is 0 Å². The molecule has 0 aliphatic carbocycles. The summed E-state index contributed by atoms with van der Waals surface area (Å²) in [6, 6.07) is 0.543. The zero-order valence-electron chi connectivity index (χ0n) is 10.5. The van der Waals surface area contributed by atoms with Crippen LogP contribution in [0.1, 0.15) is 6.42 Å². The normalized spacial score (nSPS) is 19.3. The third-order valence-corrected chi connectivity index (χ3v) is 4.42. The highest BCUT2D eigenvalue weighted by atomic mass is 32.2. The van der Waals surface area contributed by atoms with Crippen LogP contribution in [0.5, 0.6) is 0 Å². The number of imidazole rings is 1. The minimum atomic E-state index is 0.543. The molecule has 3 heterocycles. The second-order valence-electron chi connectivity index (χ2n) is 4.35. The van der Waals surface area contributed by atoms with Crippen molar-refractivity contribution in [2.45, 2.75) is 12.5 Å². The highest BCUT2D eigenvalue weighted by Crippen LogP contribution is 2.28. The molecule has 1 aliphatic rings. The van der Waals surface area contributed by atoms with Crippen molar-refractivity contribution in [1.29, 1.82) is 0 Å². The van der Waals surface area contributed by atoms with Crippen molar-refractivity contribution in [3.63, 3.8) is 0 Å². The minimum Gasteiger partial charge on any atom is -0.357 e. The van der Waals surface area contributed by atoms with Crippen molar-refractivity contribution < 1.29 is 0 Å². The number of aromatic nitrogens is 4. The number of anilines is 2. The van der Waals surface area contributed by atoms with E-state index in [9.17, 15) is 0 Å². The van der Waals surface area contributed by atoms with Crippen LogP contribution in [-0.2, 0) is 0 Å². The summed E-state index contributed by atoms with van der Waals surface area (Å²) in [6.07, 6.45) is 2.87. The Bertz CT molecular complexity index is 547. The highest BCUT2D eigenvalue weighted by Gasteiger charge is 2.23. The molecular weight excluding hydrogens is 248 g/mol. The third-order valence-electron chi connectivity index (χ3n) is 3.28. The van der Waals surface area contributed by atoms with Crippen molar-refractivity contribution in [2.75, 3.05) is 35.8 Å². The van der Waals surface area contributed by atoms with Gasteiger partial charge in [0.2, 0.25) is 5.95 Å². The van der Waals surface area contributed by atoms with Gasteiger partial charge in [0.15, 0.2) is 11.5 Å². The number of hydrogen-bond donors (Lipinski definition) is 2. The quantitative estimate of drug-likeness (QED) is 0.872. The number of thioether (sulfide) groups is 1. The zero-order chi connectivity index (χ0) is 12.5. The average molecular weight is 264 g/mol.